The van der Waals surface area contributed by atoms with Gasteiger partial charge in [0.2, 0.25) is 5.91 Å². The lowest BCUT2D eigenvalue weighted by molar-refractivity contribution is -0.129. The molecule has 0 bridgehead atoms. The van der Waals surface area contributed by atoms with E-state index in [1.165, 1.54) is 12.8 Å². The molecule has 1 heterocycles. The Morgan fingerprint density at radius 3 is 2.72 bits per heavy atom. The maximum Gasteiger partial charge on any atom is 0.236 e. The van der Waals surface area contributed by atoms with Gasteiger partial charge in [0.15, 0.2) is 0 Å². The van der Waals surface area contributed by atoms with Gasteiger partial charge in [-0.05, 0) is 26.9 Å². The number of hydrogen-bond acceptors (Lipinski definition) is 4. The van der Waals surface area contributed by atoms with Crippen LogP contribution in [0.5, 0.6) is 0 Å². The summed E-state index contributed by atoms with van der Waals surface area (Å²) in [7, 11) is 6.24. The molecule has 0 radical (unpaired) electrons. The van der Waals surface area contributed by atoms with Crippen molar-refractivity contribution >= 4 is 5.91 Å². The molecule has 1 atom stereocenters. The molecule has 2 aliphatic rings. The average Bonchev–Trinajstić information content (AvgIpc) is 3.16. The van der Waals surface area contributed by atoms with Crippen molar-refractivity contribution in [2.24, 2.45) is 0 Å². The SMILES string of the molecule is CN1CCN(C)C(CNCC(=O)N(C)C2CC2)C1. The van der Waals surface area contributed by atoms with Crippen molar-refractivity contribution in [1.82, 2.24) is 20.0 Å². The molecule has 1 unspecified atom stereocenters. The summed E-state index contributed by atoms with van der Waals surface area (Å²) in [5.74, 6) is 0.226. The van der Waals surface area contributed by atoms with Gasteiger partial charge in [0.1, 0.15) is 0 Å². The Kier molecular flexibility index (Phi) is 4.59. The summed E-state index contributed by atoms with van der Waals surface area (Å²) in [6.07, 6.45) is 2.36. The number of nitrogens with one attached hydrogen (secondary N) is 1. The minimum atomic E-state index is 0.226. The first kappa shape index (κ1) is 13.8. The summed E-state index contributed by atoms with van der Waals surface area (Å²) < 4.78 is 0. The molecule has 2 rings (SSSR count). The Bertz CT molecular complexity index is 293. The second-order valence-electron chi connectivity index (χ2n) is 5.76. The van der Waals surface area contributed by atoms with Gasteiger partial charge in [0.25, 0.3) is 0 Å². The zero-order chi connectivity index (χ0) is 13.1. The van der Waals surface area contributed by atoms with Gasteiger partial charge in [0.05, 0.1) is 6.54 Å². The van der Waals surface area contributed by atoms with E-state index in [9.17, 15) is 4.79 Å². The molecular weight excluding hydrogens is 228 g/mol. The quantitative estimate of drug-likeness (QED) is 0.714. The third-order valence-electron chi connectivity index (χ3n) is 4.12. The van der Waals surface area contributed by atoms with Crippen molar-refractivity contribution in [3.8, 4) is 0 Å². The molecule has 0 aromatic rings. The average molecular weight is 254 g/mol. The number of likely N-dealkylation sites (N-methyl/N-ethyl adjacent to an activating group) is 3. The number of amides is 1. The molecule has 1 amide bonds. The molecule has 1 N–H and O–H groups in total. The summed E-state index contributed by atoms with van der Waals surface area (Å²) in [6.45, 7) is 4.69. The van der Waals surface area contributed by atoms with Gasteiger partial charge >= 0.3 is 0 Å². The summed E-state index contributed by atoms with van der Waals surface area (Å²) in [5, 5.41) is 3.31. The molecule has 0 spiro atoms. The summed E-state index contributed by atoms with van der Waals surface area (Å²) in [6, 6.07) is 1.03. The van der Waals surface area contributed by atoms with E-state index in [1.54, 1.807) is 0 Å². The van der Waals surface area contributed by atoms with Crippen LogP contribution in [0, 0.1) is 0 Å². The maximum absolute atomic E-state index is 11.9. The lowest BCUT2D eigenvalue weighted by Gasteiger charge is -2.37. The van der Waals surface area contributed by atoms with Crippen LogP contribution in [-0.4, -0.2) is 86.6 Å². The number of carbonyl (C=O) groups is 1. The normalized spacial score (nSPS) is 26.3. The molecule has 5 nitrogen and oxygen atoms in total. The number of carbonyl (C=O) groups excluding carboxylic acids is 1. The van der Waals surface area contributed by atoms with Crippen LogP contribution in [0.3, 0.4) is 0 Å². The van der Waals surface area contributed by atoms with Gasteiger partial charge in [-0.25, -0.2) is 0 Å². The van der Waals surface area contributed by atoms with Gasteiger partial charge in [-0.15, -0.1) is 0 Å². The minimum absolute atomic E-state index is 0.226. The van der Waals surface area contributed by atoms with Crippen LogP contribution >= 0.6 is 0 Å². The fraction of sp³-hybridized carbons (Fsp3) is 0.923. The first-order chi connectivity index (χ1) is 8.58. The van der Waals surface area contributed by atoms with Crippen molar-refractivity contribution in [1.29, 1.82) is 0 Å². The Morgan fingerprint density at radius 2 is 2.06 bits per heavy atom. The van der Waals surface area contributed by atoms with Gasteiger partial charge in [-0.1, -0.05) is 0 Å². The molecule has 1 aliphatic heterocycles. The number of nitrogens with zero attached hydrogens (tertiary/aromatic N) is 3. The highest BCUT2D eigenvalue weighted by Crippen LogP contribution is 2.25. The summed E-state index contributed by atoms with van der Waals surface area (Å²) in [5.41, 5.74) is 0. The van der Waals surface area contributed by atoms with Gasteiger partial charge in [0, 0.05) is 45.3 Å². The van der Waals surface area contributed by atoms with Crippen molar-refractivity contribution in [2.45, 2.75) is 24.9 Å². The van der Waals surface area contributed by atoms with E-state index in [-0.39, 0.29) is 5.91 Å². The highest BCUT2D eigenvalue weighted by atomic mass is 16.2. The Balaban J connectivity index is 1.66. The zero-order valence-corrected chi connectivity index (χ0v) is 11.9. The number of hydrogen-bond donors (Lipinski definition) is 1. The van der Waals surface area contributed by atoms with Crippen LogP contribution in [0.1, 0.15) is 12.8 Å². The van der Waals surface area contributed by atoms with Crippen LogP contribution in [0.4, 0.5) is 0 Å². The highest BCUT2D eigenvalue weighted by molar-refractivity contribution is 5.78. The second kappa shape index (κ2) is 5.99. The summed E-state index contributed by atoms with van der Waals surface area (Å²) in [4.78, 5) is 18.5. The molecular formula is C13H26N4O. The van der Waals surface area contributed by atoms with E-state index in [0.29, 0.717) is 18.6 Å². The smallest absolute Gasteiger partial charge is 0.236 e. The topological polar surface area (TPSA) is 38.8 Å². The van der Waals surface area contributed by atoms with Gasteiger partial charge < -0.3 is 15.1 Å². The fourth-order valence-electron chi connectivity index (χ4n) is 2.46. The summed E-state index contributed by atoms with van der Waals surface area (Å²) >= 11 is 0. The Hall–Kier alpha value is -0.650. The van der Waals surface area contributed by atoms with Crippen LogP contribution in [0.25, 0.3) is 0 Å². The van der Waals surface area contributed by atoms with Gasteiger partial charge in [-0.3, -0.25) is 9.69 Å². The number of rotatable bonds is 5. The largest absolute Gasteiger partial charge is 0.342 e. The fourth-order valence-corrected chi connectivity index (χ4v) is 2.46. The first-order valence-electron chi connectivity index (χ1n) is 6.93. The minimum Gasteiger partial charge on any atom is -0.342 e. The van der Waals surface area contributed by atoms with Gasteiger partial charge in [-0.2, -0.15) is 0 Å². The van der Waals surface area contributed by atoms with E-state index in [1.807, 2.05) is 11.9 Å². The van der Waals surface area contributed by atoms with Crippen molar-refractivity contribution in [2.75, 3.05) is 53.9 Å². The van der Waals surface area contributed by atoms with Crippen LogP contribution in [0.2, 0.25) is 0 Å². The number of piperazine rings is 1. The van der Waals surface area contributed by atoms with Crippen LogP contribution in [0.15, 0.2) is 0 Å². The first-order valence-corrected chi connectivity index (χ1v) is 6.93. The van der Waals surface area contributed by atoms with Crippen molar-refractivity contribution in [3.05, 3.63) is 0 Å². The standard InChI is InChI=1S/C13H26N4O/c1-15-6-7-16(2)12(10-15)8-14-9-13(18)17(3)11-4-5-11/h11-12,14H,4-10H2,1-3H3. The predicted molar refractivity (Wildman–Crippen MR) is 72.6 cm³/mol. The second-order valence-corrected chi connectivity index (χ2v) is 5.76. The zero-order valence-electron chi connectivity index (χ0n) is 11.9. The van der Waals surface area contributed by atoms with E-state index in [4.69, 9.17) is 0 Å². The molecule has 5 heteroatoms. The van der Waals surface area contributed by atoms with Crippen LogP contribution in [-0.2, 0) is 4.79 Å². The molecule has 1 aliphatic carbocycles. The molecule has 1 saturated heterocycles. The maximum atomic E-state index is 11.9. The molecule has 18 heavy (non-hydrogen) atoms. The Morgan fingerprint density at radius 1 is 1.33 bits per heavy atom. The molecule has 0 aromatic heterocycles. The molecule has 0 aromatic carbocycles. The third-order valence-corrected chi connectivity index (χ3v) is 4.12. The van der Waals surface area contributed by atoms with Crippen molar-refractivity contribution in [3.63, 3.8) is 0 Å². The van der Waals surface area contributed by atoms with E-state index >= 15 is 0 Å². The van der Waals surface area contributed by atoms with E-state index in [2.05, 4.69) is 29.2 Å². The predicted octanol–water partition coefficient (Wildman–Crippen LogP) is -0.557. The van der Waals surface area contributed by atoms with Crippen LogP contribution < -0.4 is 5.32 Å². The monoisotopic (exact) mass is 254 g/mol. The van der Waals surface area contributed by atoms with E-state index in [0.717, 1.165) is 26.2 Å². The van der Waals surface area contributed by atoms with Crippen molar-refractivity contribution < 1.29 is 4.79 Å². The lowest BCUT2D eigenvalue weighted by Crippen LogP contribution is -2.54. The lowest BCUT2D eigenvalue weighted by atomic mass is 10.2. The third kappa shape index (κ3) is 3.67. The highest BCUT2D eigenvalue weighted by Gasteiger charge is 2.29. The molecule has 104 valence electrons. The molecule has 1 saturated carbocycles. The molecule has 2 fully saturated rings. The van der Waals surface area contributed by atoms with E-state index < -0.39 is 0 Å². The Labute approximate surface area is 110 Å².